The van der Waals surface area contributed by atoms with Gasteiger partial charge in [0, 0.05) is 38.6 Å². The number of rotatable bonds is 5. The fraction of sp³-hybridized carbons (Fsp3) is 0.688. The van der Waals surface area contributed by atoms with Gasteiger partial charge in [-0.05, 0) is 37.7 Å². The van der Waals surface area contributed by atoms with Crippen LogP contribution >= 0.6 is 0 Å². The van der Waals surface area contributed by atoms with E-state index < -0.39 is 5.97 Å². The standard InChI is InChI=1S/C16H25N5O2/c22-16(23)11-13-1-3-15(4-2-13)20-7-9-21(10-8-20)19-14-5-6-17-18-12-14/h5-6,12-13,15H,1-4,7-11H2,(H,17,19)(H,22,23). The zero-order chi connectivity index (χ0) is 16.1. The Bertz CT molecular complexity index is 496. The van der Waals surface area contributed by atoms with Crippen molar-refractivity contribution < 1.29 is 9.90 Å². The molecule has 2 fully saturated rings. The number of hydrogen-bond acceptors (Lipinski definition) is 6. The van der Waals surface area contributed by atoms with Gasteiger partial charge in [-0.2, -0.15) is 10.2 Å². The van der Waals surface area contributed by atoms with E-state index in [1.165, 1.54) is 0 Å². The smallest absolute Gasteiger partial charge is 0.303 e. The van der Waals surface area contributed by atoms with Crippen molar-refractivity contribution in [1.82, 2.24) is 20.1 Å². The molecule has 2 N–H and O–H groups in total. The second-order valence-electron chi connectivity index (χ2n) is 6.54. The second kappa shape index (κ2) is 7.70. The SMILES string of the molecule is O=C(O)CC1CCC(N2CCN(Nc3ccnnc3)CC2)CC1. The average Bonchev–Trinajstić information content (AvgIpc) is 2.57. The van der Waals surface area contributed by atoms with Crippen LogP contribution in [0.2, 0.25) is 0 Å². The maximum atomic E-state index is 10.8. The molecule has 1 saturated carbocycles. The van der Waals surface area contributed by atoms with Crippen LogP contribution in [0.3, 0.4) is 0 Å². The molecule has 1 saturated heterocycles. The molecule has 0 atom stereocenters. The molecule has 1 aromatic rings. The van der Waals surface area contributed by atoms with Gasteiger partial charge in [0.25, 0.3) is 0 Å². The first-order chi connectivity index (χ1) is 11.2. The summed E-state index contributed by atoms with van der Waals surface area (Å²) in [6.45, 7) is 4.08. The van der Waals surface area contributed by atoms with E-state index in [1.807, 2.05) is 6.07 Å². The summed E-state index contributed by atoms with van der Waals surface area (Å²) in [5.74, 6) is -0.273. The van der Waals surface area contributed by atoms with Crippen molar-refractivity contribution >= 4 is 11.7 Å². The van der Waals surface area contributed by atoms with Crippen LogP contribution < -0.4 is 5.43 Å². The summed E-state index contributed by atoms with van der Waals surface area (Å²) in [4.78, 5) is 13.4. The van der Waals surface area contributed by atoms with Gasteiger partial charge in [-0.3, -0.25) is 9.69 Å². The molecule has 0 radical (unpaired) electrons. The zero-order valence-corrected chi connectivity index (χ0v) is 13.4. The highest BCUT2D eigenvalue weighted by atomic mass is 16.4. The molecule has 7 nitrogen and oxygen atoms in total. The summed E-state index contributed by atoms with van der Waals surface area (Å²) >= 11 is 0. The molecule has 0 aromatic carbocycles. The highest BCUT2D eigenvalue weighted by Crippen LogP contribution is 2.30. The number of carbonyl (C=O) groups is 1. The summed E-state index contributed by atoms with van der Waals surface area (Å²) < 4.78 is 0. The Morgan fingerprint density at radius 3 is 2.52 bits per heavy atom. The van der Waals surface area contributed by atoms with E-state index >= 15 is 0 Å². The van der Waals surface area contributed by atoms with Crippen molar-refractivity contribution in [2.75, 3.05) is 31.6 Å². The quantitative estimate of drug-likeness (QED) is 0.850. The predicted molar refractivity (Wildman–Crippen MR) is 86.8 cm³/mol. The molecule has 0 spiro atoms. The lowest BCUT2D eigenvalue weighted by Crippen LogP contribution is -2.52. The fourth-order valence-corrected chi connectivity index (χ4v) is 3.70. The fourth-order valence-electron chi connectivity index (χ4n) is 3.70. The molecule has 0 amide bonds. The summed E-state index contributed by atoms with van der Waals surface area (Å²) in [6, 6.07) is 2.55. The highest BCUT2D eigenvalue weighted by Gasteiger charge is 2.29. The molecule has 1 aromatic heterocycles. The van der Waals surface area contributed by atoms with Gasteiger partial charge in [-0.25, -0.2) is 5.01 Å². The molecule has 0 unspecified atom stereocenters. The van der Waals surface area contributed by atoms with Gasteiger partial charge in [-0.15, -0.1) is 0 Å². The van der Waals surface area contributed by atoms with E-state index in [9.17, 15) is 4.79 Å². The molecule has 2 heterocycles. The third-order valence-electron chi connectivity index (χ3n) is 4.98. The Kier molecular flexibility index (Phi) is 5.40. The van der Waals surface area contributed by atoms with Crippen LogP contribution in [-0.4, -0.2) is 63.4 Å². The predicted octanol–water partition coefficient (Wildman–Crippen LogP) is 1.45. The molecule has 126 valence electrons. The summed E-state index contributed by atoms with van der Waals surface area (Å²) in [6.07, 6.45) is 8.14. The number of carboxylic acids is 1. The van der Waals surface area contributed by atoms with Gasteiger partial charge in [0.2, 0.25) is 0 Å². The van der Waals surface area contributed by atoms with Crippen molar-refractivity contribution in [3.8, 4) is 0 Å². The van der Waals surface area contributed by atoms with Crippen LogP contribution in [0.5, 0.6) is 0 Å². The Morgan fingerprint density at radius 2 is 1.91 bits per heavy atom. The third-order valence-corrected chi connectivity index (χ3v) is 4.98. The number of aromatic nitrogens is 2. The van der Waals surface area contributed by atoms with Crippen molar-refractivity contribution in [2.24, 2.45) is 5.92 Å². The average molecular weight is 319 g/mol. The molecule has 23 heavy (non-hydrogen) atoms. The van der Waals surface area contributed by atoms with Crippen LogP contribution in [0.15, 0.2) is 18.5 Å². The van der Waals surface area contributed by atoms with E-state index in [0.29, 0.717) is 18.4 Å². The third kappa shape index (κ3) is 4.62. The molecule has 7 heteroatoms. The molecule has 2 aliphatic rings. The maximum Gasteiger partial charge on any atom is 0.303 e. The number of nitrogens with one attached hydrogen (secondary N) is 1. The van der Waals surface area contributed by atoms with Crippen LogP contribution in [0, 0.1) is 5.92 Å². The zero-order valence-electron chi connectivity index (χ0n) is 13.4. The first kappa shape index (κ1) is 16.1. The van der Waals surface area contributed by atoms with Crippen LogP contribution in [0.1, 0.15) is 32.1 Å². The normalized spacial score (nSPS) is 26.8. The minimum atomic E-state index is -0.654. The lowest BCUT2D eigenvalue weighted by atomic mass is 9.83. The molecule has 0 bridgehead atoms. The molecule has 3 rings (SSSR count). The Morgan fingerprint density at radius 1 is 1.17 bits per heavy atom. The number of nitrogens with zero attached hydrogens (tertiary/aromatic N) is 4. The lowest BCUT2D eigenvalue weighted by Gasteiger charge is -2.42. The van der Waals surface area contributed by atoms with Crippen molar-refractivity contribution in [3.05, 3.63) is 18.5 Å². The van der Waals surface area contributed by atoms with Gasteiger partial charge in [0.1, 0.15) is 0 Å². The van der Waals surface area contributed by atoms with Crippen molar-refractivity contribution in [1.29, 1.82) is 0 Å². The van der Waals surface area contributed by atoms with Gasteiger partial charge >= 0.3 is 5.97 Å². The molecule has 1 aliphatic carbocycles. The van der Waals surface area contributed by atoms with Crippen LogP contribution in [0.4, 0.5) is 5.69 Å². The Balaban J connectivity index is 1.40. The maximum absolute atomic E-state index is 10.8. The van der Waals surface area contributed by atoms with Crippen molar-refractivity contribution in [3.63, 3.8) is 0 Å². The summed E-state index contributed by atoms with van der Waals surface area (Å²) in [7, 11) is 0. The Labute approximate surface area is 136 Å². The number of anilines is 1. The van der Waals surface area contributed by atoms with Crippen LogP contribution in [-0.2, 0) is 4.79 Å². The van der Waals surface area contributed by atoms with E-state index in [0.717, 1.165) is 57.5 Å². The van der Waals surface area contributed by atoms with E-state index in [4.69, 9.17) is 5.11 Å². The first-order valence-corrected chi connectivity index (χ1v) is 8.45. The monoisotopic (exact) mass is 319 g/mol. The minimum absolute atomic E-state index is 0.338. The van der Waals surface area contributed by atoms with E-state index in [-0.39, 0.29) is 0 Å². The lowest BCUT2D eigenvalue weighted by molar-refractivity contribution is -0.138. The van der Waals surface area contributed by atoms with Gasteiger partial charge in [0.05, 0.1) is 18.1 Å². The Hall–Kier alpha value is -1.73. The number of hydrazine groups is 1. The van der Waals surface area contributed by atoms with E-state index in [2.05, 4.69) is 25.5 Å². The molecular weight excluding hydrogens is 294 g/mol. The first-order valence-electron chi connectivity index (χ1n) is 8.45. The molecule has 1 aliphatic heterocycles. The van der Waals surface area contributed by atoms with Gasteiger partial charge in [0.15, 0.2) is 0 Å². The number of aliphatic carboxylic acids is 1. The van der Waals surface area contributed by atoms with Gasteiger partial charge < -0.3 is 10.5 Å². The number of piperazine rings is 1. The van der Waals surface area contributed by atoms with Gasteiger partial charge in [-0.1, -0.05) is 0 Å². The number of hydrogen-bond donors (Lipinski definition) is 2. The summed E-state index contributed by atoms with van der Waals surface area (Å²) in [5, 5.41) is 18.8. The number of carboxylic acid groups (broad SMARTS) is 1. The highest BCUT2D eigenvalue weighted by molar-refractivity contribution is 5.67. The minimum Gasteiger partial charge on any atom is -0.481 e. The van der Waals surface area contributed by atoms with E-state index in [1.54, 1.807) is 12.4 Å². The largest absolute Gasteiger partial charge is 0.481 e. The topological polar surface area (TPSA) is 81.6 Å². The second-order valence-corrected chi connectivity index (χ2v) is 6.54. The molecular formula is C16H25N5O2. The van der Waals surface area contributed by atoms with Crippen molar-refractivity contribution in [2.45, 2.75) is 38.1 Å². The van der Waals surface area contributed by atoms with Crippen LogP contribution in [0.25, 0.3) is 0 Å². The summed E-state index contributed by atoms with van der Waals surface area (Å²) in [5.41, 5.74) is 4.35.